The van der Waals surface area contributed by atoms with E-state index in [0.717, 1.165) is 6.07 Å². The van der Waals surface area contributed by atoms with Crippen molar-refractivity contribution < 1.29 is 23.1 Å². The first-order valence-electron chi connectivity index (χ1n) is 5.84. The van der Waals surface area contributed by atoms with E-state index in [-0.39, 0.29) is 21.3 Å². The third-order valence-corrected chi connectivity index (χ3v) is 3.13. The quantitative estimate of drug-likeness (QED) is 0.803. The van der Waals surface area contributed by atoms with E-state index < -0.39 is 23.4 Å². The van der Waals surface area contributed by atoms with E-state index in [1.807, 2.05) is 0 Å². The van der Waals surface area contributed by atoms with Gasteiger partial charge < -0.3 is 10.4 Å². The lowest BCUT2D eigenvalue weighted by molar-refractivity contribution is -0.137. The van der Waals surface area contributed by atoms with Crippen LogP contribution < -0.4 is 5.32 Å². The largest absolute Gasteiger partial charge is 0.507 e. The Bertz CT molecular complexity index is 712. The zero-order valence-corrected chi connectivity index (χ0v) is 12.2. The number of phenols is 1. The summed E-state index contributed by atoms with van der Waals surface area (Å²) in [5, 5.41) is 12.5. The summed E-state index contributed by atoms with van der Waals surface area (Å²) >= 11 is 11.5. The molecule has 1 amide bonds. The van der Waals surface area contributed by atoms with Crippen LogP contribution in [-0.2, 0) is 6.18 Å². The van der Waals surface area contributed by atoms with Gasteiger partial charge in [0, 0.05) is 15.7 Å². The van der Waals surface area contributed by atoms with Crippen molar-refractivity contribution in [1.29, 1.82) is 0 Å². The van der Waals surface area contributed by atoms with Gasteiger partial charge in [0.05, 0.1) is 11.1 Å². The summed E-state index contributed by atoms with van der Waals surface area (Å²) in [5.74, 6) is -1.56. The van der Waals surface area contributed by atoms with Crippen LogP contribution in [0.15, 0.2) is 36.4 Å². The Hall–Kier alpha value is -1.92. The van der Waals surface area contributed by atoms with Crippen LogP contribution in [0, 0.1) is 0 Å². The van der Waals surface area contributed by atoms with E-state index in [0.29, 0.717) is 12.1 Å². The fraction of sp³-hybridized carbons (Fsp3) is 0.0714. The molecule has 22 heavy (non-hydrogen) atoms. The lowest BCUT2D eigenvalue weighted by Crippen LogP contribution is -2.13. The van der Waals surface area contributed by atoms with Gasteiger partial charge in [-0.25, -0.2) is 0 Å². The fourth-order valence-electron chi connectivity index (χ4n) is 1.72. The Morgan fingerprint density at radius 2 is 1.64 bits per heavy atom. The summed E-state index contributed by atoms with van der Waals surface area (Å²) in [6, 6.07) is 6.35. The maximum Gasteiger partial charge on any atom is 0.416 e. The van der Waals surface area contributed by atoms with Gasteiger partial charge in [0.25, 0.3) is 5.91 Å². The van der Waals surface area contributed by atoms with E-state index in [2.05, 4.69) is 5.32 Å². The van der Waals surface area contributed by atoms with Crippen molar-refractivity contribution >= 4 is 34.8 Å². The molecule has 0 aliphatic heterocycles. The first-order valence-corrected chi connectivity index (χ1v) is 6.60. The highest BCUT2D eigenvalue weighted by atomic mass is 35.5. The Morgan fingerprint density at radius 3 is 2.14 bits per heavy atom. The maximum atomic E-state index is 12.5. The minimum atomic E-state index is -4.60. The van der Waals surface area contributed by atoms with Crippen LogP contribution in [0.1, 0.15) is 15.9 Å². The standard InChI is InChI=1S/C14H8Cl2F3NO2/c15-8-4-9(16)6-10(5-8)20-13(22)11-2-1-7(3-12(11)21)14(17,18)19/h1-6,21H,(H,20,22). The van der Waals surface area contributed by atoms with Crippen molar-refractivity contribution in [2.75, 3.05) is 5.32 Å². The zero-order chi connectivity index (χ0) is 16.5. The highest BCUT2D eigenvalue weighted by Gasteiger charge is 2.31. The number of benzene rings is 2. The average molecular weight is 350 g/mol. The smallest absolute Gasteiger partial charge is 0.416 e. The van der Waals surface area contributed by atoms with Crippen LogP contribution in [0.2, 0.25) is 10.0 Å². The van der Waals surface area contributed by atoms with Crippen LogP contribution in [-0.4, -0.2) is 11.0 Å². The summed E-state index contributed by atoms with van der Waals surface area (Å²) in [7, 11) is 0. The minimum Gasteiger partial charge on any atom is -0.507 e. The summed E-state index contributed by atoms with van der Waals surface area (Å²) in [6.45, 7) is 0. The van der Waals surface area contributed by atoms with Crippen molar-refractivity contribution in [3.63, 3.8) is 0 Å². The second-order valence-electron chi connectivity index (χ2n) is 4.34. The molecule has 0 unspecified atom stereocenters. The molecule has 3 nitrogen and oxygen atoms in total. The van der Waals surface area contributed by atoms with Gasteiger partial charge in [0.1, 0.15) is 5.75 Å². The van der Waals surface area contributed by atoms with Crippen LogP contribution in [0.3, 0.4) is 0 Å². The molecule has 0 saturated heterocycles. The Balaban J connectivity index is 2.26. The molecule has 0 spiro atoms. The Labute approximate surface area is 133 Å². The predicted octanol–water partition coefficient (Wildman–Crippen LogP) is 4.97. The molecule has 2 aromatic rings. The lowest BCUT2D eigenvalue weighted by Gasteiger charge is -2.11. The van der Waals surface area contributed by atoms with E-state index in [1.54, 1.807) is 0 Å². The van der Waals surface area contributed by atoms with Crippen LogP contribution >= 0.6 is 23.2 Å². The predicted molar refractivity (Wildman–Crippen MR) is 77.5 cm³/mol. The number of aromatic hydroxyl groups is 1. The molecular weight excluding hydrogens is 342 g/mol. The first-order chi connectivity index (χ1) is 10.2. The first kappa shape index (κ1) is 16.5. The summed E-state index contributed by atoms with van der Waals surface area (Å²) in [4.78, 5) is 12.0. The van der Waals surface area contributed by atoms with Crippen LogP contribution in [0.4, 0.5) is 18.9 Å². The van der Waals surface area contributed by atoms with Crippen molar-refractivity contribution in [2.45, 2.75) is 6.18 Å². The van der Waals surface area contributed by atoms with Gasteiger partial charge >= 0.3 is 6.18 Å². The van der Waals surface area contributed by atoms with Gasteiger partial charge in [-0.2, -0.15) is 13.2 Å². The molecule has 8 heteroatoms. The third kappa shape index (κ3) is 3.84. The van der Waals surface area contributed by atoms with E-state index in [1.165, 1.54) is 18.2 Å². The molecule has 0 aliphatic carbocycles. The van der Waals surface area contributed by atoms with Gasteiger partial charge in [0.15, 0.2) is 0 Å². The van der Waals surface area contributed by atoms with E-state index >= 15 is 0 Å². The number of carbonyl (C=O) groups excluding carboxylic acids is 1. The topological polar surface area (TPSA) is 49.3 Å². The highest BCUT2D eigenvalue weighted by Crippen LogP contribution is 2.33. The van der Waals surface area contributed by atoms with Crippen LogP contribution in [0.5, 0.6) is 5.75 Å². The monoisotopic (exact) mass is 349 g/mol. The maximum absolute atomic E-state index is 12.5. The Morgan fingerprint density at radius 1 is 1.05 bits per heavy atom. The van der Waals surface area contributed by atoms with Crippen molar-refractivity contribution in [3.8, 4) is 5.75 Å². The molecule has 0 saturated carbocycles. The van der Waals surface area contributed by atoms with E-state index in [4.69, 9.17) is 23.2 Å². The number of halogens is 5. The molecule has 0 aliphatic rings. The molecule has 116 valence electrons. The number of hydrogen-bond acceptors (Lipinski definition) is 2. The van der Waals surface area contributed by atoms with Gasteiger partial charge in [-0.1, -0.05) is 23.2 Å². The minimum absolute atomic E-state index is 0.252. The normalized spacial score (nSPS) is 11.3. The number of hydrogen-bond donors (Lipinski definition) is 2. The highest BCUT2D eigenvalue weighted by molar-refractivity contribution is 6.35. The molecule has 0 fully saturated rings. The summed E-state index contributed by atoms with van der Waals surface area (Å²) in [5.41, 5.74) is -1.10. The van der Waals surface area contributed by atoms with Gasteiger partial charge in [-0.3, -0.25) is 4.79 Å². The fourth-order valence-corrected chi connectivity index (χ4v) is 2.25. The SMILES string of the molecule is O=C(Nc1cc(Cl)cc(Cl)c1)c1ccc(C(F)(F)F)cc1O. The number of amides is 1. The number of alkyl halides is 3. The molecule has 0 bridgehead atoms. The Kier molecular flexibility index (Phi) is 4.53. The lowest BCUT2D eigenvalue weighted by atomic mass is 10.1. The van der Waals surface area contributed by atoms with Gasteiger partial charge in [0.2, 0.25) is 0 Å². The summed E-state index contributed by atoms with van der Waals surface area (Å²) in [6.07, 6.45) is -4.60. The second kappa shape index (κ2) is 6.06. The van der Waals surface area contributed by atoms with Gasteiger partial charge in [-0.15, -0.1) is 0 Å². The molecule has 2 N–H and O–H groups in total. The summed E-state index contributed by atoms with van der Waals surface area (Å²) < 4.78 is 37.5. The second-order valence-corrected chi connectivity index (χ2v) is 5.21. The number of carbonyl (C=O) groups is 1. The molecule has 0 atom stereocenters. The molecule has 0 radical (unpaired) electrons. The van der Waals surface area contributed by atoms with Crippen LogP contribution in [0.25, 0.3) is 0 Å². The molecule has 0 aromatic heterocycles. The van der Waals surface area contributed by atoms with Crippen molar-refractivity contribution in [2.24, 2.45) is 0 Å². The van der Waals surface area contributed by atoms with E-state index in [9.17, 15) is 23.1 Å². The average Bonchev–Trinajstić information content (AvgIpc) is 2.35. The third-order valence-electron chi connectivity index (χ3n) is 2.69. The number of phenolic OH excluding ortho intramolecular Hbond substituents is 1. The number of rotatable bonds is 2. The van der Waals surface area contributed by atoms with Crippen molar-refractivity contribution in [1.82, 2.24) is 0 Å². The molecule has 2 aromatic carbocycles. The zero-order valence-electron chi connectivity index (χ0n) is 10.7. The number of anilines is 1. The number of nitrogens with one attached hydrogen (secondary N) is 1. The molecule has 0 heterocycles. The van der Waals surface area contributed by atoms with Crippen molar-refractivity contribution in [3.05, 3.63) is 57.6 Å². The molecular formula is C14H8Cl2F3NO2. The van der Waals surface area contributed by atoms with Gasteiger partial charge in [-0.05, 0) is 36.4 Å². The molecule has 2 rings (SSSR count).